The van der Waals surface area contributed by atoms with Gasteiger partial charge >= 0.3 is 6.03 Å². The fourth-order valence-corrected chi connectivity index (χ4v) is 3.24. The number of barbiturate groups is 1. The summed E-state index contributed by atoms with van der Waals surface area (Å²) in [4.78, 5) is 42.9. The van der Waals surface area contributed by atoms with Gasteiger partial charge in [-0.3, -0.25) is 19.9 Å². The van der Waals surface area contributed by atoms with Crippen LogP contribution < -0.4 is 10.2 Å². The van der Waals surface area contributed by atoms with E-state index in [4.69, 9.17) is 16.3 Å². The Kier molecular flexibility index (Phi) is 5.68. The van der Waals surface area contributed by atoms with E-state index in [1.54, 1.807) is 24.3 Å². The van der Waals surface area contributed by atoms with Crippen LogP contribution in [0.15, 0.2) is 29.3 Å². The topological polar surface area (TPSA) is 88.1 Å². The molecule has 2 fully saturated rings. The second kappa shape index (κ2) is 7.97. The minimum absolute atomic E-state index is 0.0207. The molecule has 0 aliphatic carbocycles. The van der Waals surface area contributed by atoms with Crippen molar-refractivity contribution in [3.63, 3.8) is 0 Å². The van der Waals surface area contributed by atoms with Crippen molar-refractivity contribution < 1.29 is 19.1 Å². The van der Waals surface area contributed by atoms with Gasteiger partial charge in [-0.25, -0.2) is 9.69 Å². The Morgan fingerprint density at radius 1 is 1.31 bits per heavy atom. The number of hydrogen-bond acceptors (Lipinski definition) is 5. The number of urea groups is 1. The molecule has 0 saturated carbocycles. The number of ether oxygens (including phenoxy) is 1. The Morgan fingerprint density at radius 3 is 2.65 bits per heavy atom. The first kappa shape index (κ1) is 18.5. The van der Waals surface area contributed by atoms with Gasteiger partial charge in [0.25, 0.3) is 5.91 Å². The average molecular weight is 378 g/mol. The van der Waals surface area contributed by atoms with E-state index in [9.17, 15) is 14.4 Å². The zero-order valence-corrected chi connectivity index (χ0v) is 15.2. The number of rotatable bonds is 5. The Bertz CT molecular complexity index is 741. The Balaban J connectivity index is 1.85. The lowest BCUT2D eigenvalue weighted by Crippen LogP contribution is -2.60. The lowest BCUT2D eigenvalue weighted by atomic mass is 9.96. The van der Waals surface area contributed by atoms with Gasteiger partial charge in [0.2, 0.25) is 5.91 Å². The lowest BCUT2D eigenvalue weighted by Gasteiger charge is -2.30. The number of carbonyl (C=O) groups excluding carboxylic acids is 3. The smallest absolute Gasteiger partial charge is 0.335 e. The molecule has 1 aromatic rings. The molecule has 2 aliphatic heterocycles. The van der Waals surface area contributed by atoms with Crippen molar-refractivity contribution >= 4 is 40.8 Å². The maximum absolute atomic E-state index is 12.9. The first-order chi connectivity index (χ1) is 12.5. The van der Waals surface area contributed by atoms with E-state index in [1.807, 2.05) is 6.92 Å². The van der Waals surface area contributed by atoms with Crippen LogP contribution in [0.4, 0.5) is 10.5 Å². The highest BCUT2D eigenvalue weighted by Gasteiger charge is 2.43. The number of carbonyl (C=O) groups is 3. The first-order valence-electron chi connectivity index (χ1n) is 8.60. The summed E-state index contributed by atoms with van der Waals surface area (Å²) in [5, 5.41) is 2.73. The zero-order chi connectivity index (χ0) is 18.7. The predicted octanol–water partition coefficient (Wildman–Crippen LogP) is 2.57. The summed E-state index contributed by atoms with van der Waals surface area (Å²) in [5.74, 6) is -2.36. The summed E-state index contributed by atoms with van der Waals surface area (Å²) in [5.41, 5.74) is 0.804. The van der Waals surface area contributed by atoms with E-state index in [-0.39, 0.29) is 6.10 Å². The van der Waals surface area contributed by atoms with E-state index in [0.29, 0.717) is 36.0 Å². The first-order valence-corrected chi connectivity index (χ1v) is 8.98. The van der Waals surface area contributed by atoms with E-state index in [2.05, 4.69) is 10.3 Å². The number of amides is 4. The van der Waals surface area contributed by atoms with Crippen LogP contribution in [0, 0.1) is 5.92 Å². The number of nitrogens with zero attached hydrogens (tertiary/aromatic N) is 2. The maximum atomic E-state index is 12.9. The summed E-state index contributed by atoms with van der Waals surface area (Å²) in [6.45, 7) is 2.95. The molecule has 26 heavy (non-hydrogen) atoms. The summed E-state index contributed by atoms with van der Waals surface area (Å²) >= 11 is 5.86. The molecule has 3 rings (SSSR count). The van der Waals surface area contributed by atoms with E-state index < -0.39 is 23.8 Å². The highest BCUT2D eigenvalue weighted by atomic mass is 35.5. The van der Waals surface area contributed by atoms with E-state index in [1.165, 1.54) is 0 Å². The molecule has 0 spiro atoms. The molecule has 2 saturated heterocycles. The molecule has 1 N–H and O–H groups in total. The van der Waals surface area contributed by atoms with Crippen molar-refractivity contribution in [1.29, 1.82) is 0 Å². The standard InChI is InChI=1S/C18H20ClN3O4/c1-2-14(20-10-13-4-3-9-26-13)15-16(23)21-18(25)22(17(15)24)12-7-5-11(19)6-8-12/h5-8,13,15H,2-4,9-10H2,1H3,(H,21,23,25)/t13-,15?/m0/s1. The SMILES string of the molecule is CCC(=NC[C@@H]1CCCO1)C1C(=O)NC(=O)N(c2ccc(Cl)cc2)C1=O. The van der Waals surface area contributed by atoms with Crippen molar-refractivity contribution in [2.75, 3.05) is 18.1 Å². The van der Waals surface area contributed by atoms with Crippen LogP contribution in [0.25, 0.3) is 0 Å². The third-order valence-electron chi connectivity index (χ3n) is 4.47. The van der Waals surface area contributed by atoms with Gasteiger partial charge in [0.1, 0.15) is 0 Å². The monoisotopic (exact) mass is 377 g/mol. The molecule has 1 unspecified atom stereocenters. The van der Waals surface area contributed by atoms with Crippen LogP contribution in [0.3, 0.4) is 0 Å². The average Bonchev–Trinajstić information content (AvgIpc) is 3.12. The second-order valence-electron chi connectivity index (χ2n) is 6.20. The summed E-state index contributed by atoms with van der Waals surface area (Å²) < 4.78 is 5.54. The molecule has 2 aliphatic rings. The van der Waals surface area contributed by atoms with Gasteiger partial charge in [0.15, 0.2) is 5.92 Å². The molecule has 8 heteroatoms. The quantitative estimate of drug-likeness (QED) is 0.631. The Morgan fingerprint density at radius 2 is 2.04 bits per heavy atom. The van der Waals surface area contributed by atoms with Gasteiger partial charge in [-0.2, -0.15) is 0 Å². The molecule has 2 atom stereocenters. The fraction of sp³-hybridized carbons (Fsp3) is 0.444. The van der Waals surface area contributed by atoms with Gasteiger partial charge in [-0.15, -0.1) is 0 Å². The number of nitrogens with one attached hydrogen (secondary N) is 1. The summed E-state index contributed by atoms with van der Waals surface area (Å²) in [6, 6.07) is 5.50. The number of benzene rings is 1. The number of hydrogen-bond donors (Lipinski definition) is 1. The normalized spacial score (nSPS) is 24.2. The van der Waals surface area contributed by atoms with Crippen molar-refractivity contribution in [2.45, 2.75) is 32.3 Å². The largest absolute Gasteiger partial charge is 0.376 e. The van der Waals surface area contributed by atoms with Gasteiger partial charge in [-0.1, -0.05) is 18.5 Å². The zero-order valence-electron chi connectivity index (χ0n) is 14.4. The number of imide groups is 2. The van der Waals surface area contributed by atoms with Crippen LogP contribution in [-0.4, -0.2) is 42.8 Å². The third-order valence-corrected chi connectivity index (χ3v) is 4.72. The predicted molar refractivity (Wildman–Crippen MR) is 97.5 cm³/mol. The van der Waals surface area contributed by atoms with E-state index in [0.717, 1.165) is 17.7 Å². The molecule has 4 amide bonds. The third kappa shape index (κ3) is 3.78. The number of anilines is 1. The van der Waals surface area contributed by atoms with Gasteiger partial charge in [0, 0.05) is 17.3 Å². The van der Waals surface area contributed by atoms with Crippen molar-refractivity contribution in [2.24, 2.45) is 10.9 Å². The van der Waals surface area contributed by atoms with Crippen molar-refractivity contribution in [1.82, 2.24) is 5.32 Å². The van der Waals surface area contributed by atoms with E-state index >= 15 is 0 Å². The highest BCUT2D eigenvalue weighted by molar-refractivity contribution is 6.35. The van der Waals surface area contributed by atoms with Crippen molar-refractivity contribution in [3.05, 3.63) is 29.3 Å². The van der Waals surface area contributed by atoms with Crippen LogP contribution in [-0.2, 0) is 14.3 Å². The minimum Gasteiger partial charge on any atom is -0.376 e. The van der Waals surface area contributed by atoms with Crippen LogP contribution in [0.1, 0.15) is 26.2 Å². The molecule has 0 aromatic heterocycles. The molecule has 138 valence electrons. The Labute approximate surface area is 156 Å². The van der Waals surface area contributed by atoms with Crippen LogP contribution >= 0.6 is 11.6 Å². The second-order valence-corrected chi connectivity index (χ2v) is 6.63. The Hall–Kier alpha value is -2.25. The molecular weight excluding hydrogens is 358 g/mol. The molecule has 0 radical (unpaired) electrons. The molecule has 0 bridgehead atoms. The van der Waals surface area contributed by atoms with Gasteiger partial charge in [-0.05, 0) is 43.5 Å². The molecular formula is C18H20ClN3O4. The molecule has 1 aromatic carbocycles. The maximum Gasteiger partial charge on any atom is 0.335 e. The minimum atomic E-state index is -1.12. The summed E-state index contributed by atoms with van der Waals surface area (Å²) in [7, 11) is 0. The molecule has 7 nitrogen and oxygen atoms in total. The van der Waals surface area contributed by atoms with Gasteiger partial charge in [0.05, 0.1) is 18.3 Å². The number of aliphatic imine (C=N–C) groups is 1. The highest BCUT2D eigenvalue weighted by Crippen LogP contribution is 2.24. The van der Waals surface area contributed by atoms with Crippen molar-refractivity contribution in [3.8, 4) is 0 Å². The molecule has 2 heterocycles. The van der Waals surface area contributed by atoms with Crippen LogP contribution in [0.5, 0.6) is 0 Å². The van der Waals surface area contributed by atoms with Gasteiger partial charge < -0.3 is 4.74 Å². The number of halogens is 1. The lowest BCUT2D eigenvalue weighted by molar-refractivity contribution is -0.131. The summed E-state index contributed by atoms with van der Waals surface area (Å²) in [6.07, 6.45) is 2.36. The fourth-order valence-electron chi connectivity index (χ4n) is 3.12. The van der Waals surface area contributed by atoms with Crippen LogP contribution in [0.2, 0.25) is 5.02 Å².